The van der Waals surface area contributed by atoms with Crippen molar-refractivity contribution in [3.8, 4) is 0 Å². The fraction of sp³-hybridized carbons (Fsp3) is 0.500. The van der Waals surface area contributed by atoms with E-state index in [0.717, 1.165) is 5.75 Å². The normalized spacial score (nSPS) is 20.0. The Morgan fingerprint density at radius 1 is 1.67 bits per heavy atom. The summed E-state index contributed by atoms with van der Waals surface area (Å²) in [6.07, 6.45) is 2.58. The first-order chi connectivity index (χ1) is 8.47. The molecule has 0 radical (unpaired) electrons. The van der Waals surface area contributed by atoms with E-state index in [0.29, 0.717) is 6.42 Å². The van der Waals surface area contributed by atoms with Gasteiger partial charge in [0.2, 0.25) is 0 Å². The maximum atomic E-state index is 11.7. The first-order valence-corrected chi connectivity index (χ1v) is 6.69. The van der Waals surface area contributed by atoms with Crippen molar-refractivity contribution in [2.24, 2.45) is 10.8 Å². The summed E-state index contributed by atoms with van der Waals surface area (Å²) in [5.41, 5.74) is 7.19. The Morgan fingerprint density at radius 3 is 2.89 bits per heavy atom. The number of hydrogen-bond acceptors (Lipinski definition) is 5. The summed E-state index contributed by atoms with van der Waals surface area (Å²) in [7, 11) is 0. The summed E-state index contributed by atoms with van der Waals surface area (Å²) >= 11 is 1.63. The van der Waals surface area contributed by atoms with Crippen LogP contribution in [0, 0.1) is 0 Å². The van der Waals surface area contributed by atoms with E-state index in [1.54, 1.807) is 11.8 Å². The van der Waals surface area contributed by atoms with Crippen LogP contribution in [0.25, 0.3) is 0 Å². The minimum Gasteiger partial charge on any atom is -0.509 e. The Kier molecular flexibility index (Phi) is 5.02. The largest absolute Gasteiger partial charge is 0.509 e. The molecule has 5 N–H and O–H groups in total. The summed E-state index contributed by atoms with van der Waals surface area (Å²) in [6.45, 7) is 1.51. The average Bonchev–Trinajstić information content (AvgIpc) is 2.59. The number of aliphatic hydroxyl groups is 1. The van der Waals surface area contributed by atoms with Gasteiger partial charge in [-0.25, -0.2) is 10.2 Å². The third kappa shape index (κ3) is 3.39. The highest BCUT2D eigenvalue weighted by atomic mass is 32.2. The van der Waals surface area contributed by atoms with Crippen molar-refractivity contribution < 1.29 is 14.7 Å². The number of nitrogens with one attached hydrogen (secondary N) is 2. The second kappa shape index (κ2) is 6.29. The molecule has 0 saturated carbocycles. The Morgan fingerprint density at radius 2 is 2.33 bits per heavy atom. The van der Waals surface area contributed by atoms with E-state index in [1.807, 2.05) is 11.7 Å². The molecule has 0 fully saturated rings. The quantitative estimate of drug-likeness (QED) is 0.419. The molecule has 7 nitrogen and oxygen atoms in total. The lowest BCUT2D eigenvalue weighted by atomic mass is 10.1. The molecule has 1 rings (SSSR count). The summed E-state index contributed by atoms with van der Waals surface area (Å²) in [6, 6.07) is -1.22. The molecule has 1 atom stereocenters. The molecule has 1 heterocycles. The van der Waals surface area contributed by atoms with Crippen LogP contribution >= 0.6 is 11.8 Å². The molecule has 18 heavy (non-hydrogen) atoms. The highest BCUT2D eigenvalue weighted by Crippen LogP contribution is 2.19. The van der Waals surface area contributed by atoms with Crippen LogP contribution in [0.1, 0.15) is 13.3 Å². The molecule has 1 aliphatic heterocycles. The maximum absolute atomic E-state index is 11.7. The van der Waals surface area contributed by atoms with Gasteiger partial charge in [0.1, 0.15) is 11.3 Å². The molecule has 0 spiro atoms. The monoisotopic (exact) mass is 272 g/mol. The molecule has 8 heteroatoms. The highest BCUT2D eigenvalue weighted by Gasteiger charge is 2.32. The van der Waals surface area contributed by atoms with Crippen LogP contribution < -0.4 is 16.5 Å². The van der Waals surface area contributed by atoms with Gasteiger partial charge in [0.25, 0.3) is 5.91 Å². The van der Waals surface area contributed by atoms with E-state index in [1.165, 1.54) is 6.92 Å². The minimum absolute atomic E-state index is 0.0402. The zero-order chi connectivity index (χ0) is 13.7. The zero-order valence-corrected chi connectivity index (χ0v) is 11.0. The summed E-state index contributed by atoms with van der Waals surface area (Å²) in [4.78, 5) is 22.2. The maximum Gasteiger partial charge on any atom is 0.332 e. The third-order valence-electron chi connectivity index (χ3n) is 2.42. The fourth-order valence-corrected chi connectivity index (χ4v) is 2.05. The van der Waals surface area contributed by atoms with Crippen LogP contribution in [0.4, 0.5) is 4.79 Å². The molecule has 1 unspecified atom stereocenters. The van der Waals surface area contributed by atoms with Crippen molar-refractivity contribution in [3.63, 3.8) is 0 Å². The molecule has 3 amide bonds. The molecule has 0 bridgehead atoms. The molecule has 0 saturated heterocycles. The van der Waals surface area contributed by atoms with Crippen LogP contribution in [0.2, 0.25) is 0 Å². The number of primary amides is 1. The second-order valence-electron chi connectivity index (χ2n) is 3.74. The van der Waals surface area contributed by atoms with Crippen molar-refractivity contribution in [2.45, 2.75) is 19.4 Å². The topological polar surface area (TPSA) is 117 Å². The Balaban J connectivity index is 2.84. The van der Waals surface area contributed by atoms with Crippen LogP contribution in [0.3, 0.4) is 0 Å². The average molecular weight is 272 g/mol. The van der Waals surface area contributed by atoms with E-state index in [-0.39, 0.29) is 17.0 Å². The van der Waals surface area contributed by atoms with Crippen molar-refractivity contribution in [2.75, 3.05) is 12.0 Å². The van der Waals surface area contributed by atoms with Gasteiger partial charge in [-0.3, -0.25) is 4.79 Å². The first kappa shape index (κ1) is 14.4. The lowest BCUT2D eigenvalue weighted by Crippen LogP contribution is -2.30. The van der Waals surface area contributed by atoms with E-state index in [2.05, 4.69) is 10.4 Å². The van der Waals surface area contributed by atoms with Gasteiger partial charge >= 0.3 is 6.03 Å². The van der Waals surface area contributed by atoms with E-state index in [4.69, 9.17) is 5.73 Å². The number of thioether (sulfide) groups is 1. The zero-order valence-electron chi connectivity index (χ0n) is 10.2. The third-order valence-corrected chi connectivity index (χ3v) is 3.07. The summed E-state index contributed by atoms with van der Waals surface area (Å²) < 4.78 is 0. The molecular formula is C10H16N4O3S. The predicted octanol–water partition coefficient (Wildman–Crippen LogP) is 0.0942. The number of hydrazone groups is 1. The fourth-order valence-electron chi connectivity index (χ4n) is 1.58. The number of urea groups is 1. The van der Waals surface area contributed by atoms with Crippen LogP contribution in [-0.2, 0) is 4.79 Å². The minimum atomic E-state index is -0.827. The highest BCUT2D eigenvalue weighted by molar-refractivity contribution is 7.98. The smallest absolute Gasteiger partial charge is 0.332 e. The number of hydrogen-bond donors (Lipinski definition) is 4. The Bertz CT molecular complexity index is 419. The SMILES string of the molecule is CSCCC1NC(=O)C(/C(C)=N\NC(N)=O)=C1O. The molecule has 100 valence electrons. The molecular weight excluding hydrogens is 256 g/mol. The van der Waals surface area contributed by atoms with Gasteiger partial charge in [0.15, 0.2) is 0 Å². The Hall–Kier alpha value is -1.70. The van der Waals surface area contributed by atoms with Crippen LogP contribution in [-0.4, -0.2) is 40.8 Å². The van der Waals surface area contributed by atoms with E-state index in [9.17, 15) is 14.7 Å². The number of carbonyl (C=O) groups is 2. The van der Waals surface area contributed by atoms with Gasteiger partial charge < -0.3 is 16.2 Å². The van der Waals surface area contributed by atoms with Gasteiger partial charge in [-0.1, -0.05) is 0 Å². The number of nitrogens with two attached hydrogens (primary N) is 1. The van der Waals surface area contributed by atoms with Gasteiger partial charge in [0, 0.05) is 0 Å². The first-order valence-electron chi connectivity index (χ1n) is 5.30. The molecule has 1 aliphatic rings. The lowest BCUT2D eigenvalue weighted by Gasteiger charge is -2.09. The van der Waals surface area contributed by atoms with Gasteiger partial charge in [-0.15, -0.1) is 0 Å². The van der Waals surface area contributed by atoms with Crippen molar-refractivity contribution in [3.05, 3.63) is 11.3 Å². The summed E-state index contributed by atoms with van der Waals surface area (Å²) in [5.74, 6) is 0.380. The number of rotatable bonds is 5. The lowest BCUT2D eigenvalue weighted by molar-refractivity contribution is -0.116. The van der Waals surface area contributed by atoms with Crippen molar-refractivity contribution in [1.29, 1.82) is 0 Å². The van der Waals surface area contributed by atoms with Gasteiger partial charge in [0.05, 0.1) is 11.8 Å². The number of amides is 3. The molecule has 0 aromatic rings. The summed E-state index contributed by atoms with van der Waals surface area (Å²) in [5, 5.41) is 16.2. The van der Waals surface area contributed by atoms with Crippen LogP contribution in [0.5, 0.6) is 0 Å². The predicted molar refractivity (Wildman–Crippen MR) is 70.4 cm³/mol. The molecule has 0 aromatic carbocycles. The standard InChI is InChI=1S/C10H16N4O3S/c1-5(13-14-10(11)17)7-8(15)6(3-4-18-2)12-9(7)16/h6,15H,3-4H2,1-2H3,(H,12,16)(H3,11,14,17)/b13-5-. The van der Waals surface area contributed by atoms with Gasteiger partial charge in [-0.2, -0.15) is 16.9 Å². The number of carbonyl (C=O) groups excluding carboxylic acids is 2. The number of aliphatic hydroxyl groups excluding tert-OH is 1. The molecule has 0 aliphatic carbocycles. The van der Waals surface area contributed by atoms with E-state index >= 15 is 0 Å². The van der Waals surface area contributed by atoms with E-state index < -0.39 is 18.0 Å². The Labute approximate surface area is 109 Å². The molecule has 0 aromatic heterocycles. The van der Waals surface area contributed by atoms with Gasteiger partial charge in [-0.05, 0) is 25.4 Å². The number of nitrogens with zero attached hydrogens (tertiary/aromatic N) is 1. The van der Waals surface area contributed by atoms with Crippen molar-refractivity contribution >= 4 is 29.4 Å². The van der Waals surface area contributed by atoms with Crippen LogP contribution in [0.15, 0.2) is 16.4 Å². The van der Waals surface area contributed by atoms with Crippen molar-refractivity contribution in [1.82, 2.24) is 10.7 Å². The second-order valence-corrected chi connectivity index (χ2v) is 4.73.